The number of hydrogen-bond acceptors (Lipinski definition) is 3. The van der Waals surface area contributed by atoms with Gasteiger partial charge in [-0.05, 0) is 33.6 Å². The molecule has 0 aromatic heterocycles. The van der Waals surface area contributed by atoms with E-state index >= 15 is 0 Å². The number of ether oxygens (including phenoxy) is 1. The van der Waals surface area contributed by atoms with Gasteiger partial charge in [0.1, 0.15) is 12.1 Å². The molecule has 1 aliphatic rings. The summed E-state index contributed by atoms with van der Waals surface area (Å²) >= 11 is 0. The Kier molecular flexibility index (Phi) is 5.90. The minimum atomic E-state index is -4.44. The number of hydrogen-bond donors (Lipinski definition) is 2. The van der Waals surface area contributed by atoms with Gasteiger partial charge in [0.25, 0.3) is 0 Å². The second kappa shape index (κ2) is 7.06. The van der Waals surface area contributed by atoms with E-state index in [9.17, 15) is 22.8 Å². The lowest BCUT2D eigenvalue weighted by atomic mass is 10.1. The lowest BCUT2D eigenvalue weighted by molar-refractivity contribution is -0.123. The molecule has 128 valence electrons. The molecule has 6 nitrogen and oxygen atoms in total. The molecule has 3 amide bonds. The van der Waals surface area contributed by atoms with Crippen LogP contribution in [0.5, 0.6) is 0 Å². The summed E-state index contributed by atoms with van der Waals surface area (Å²) in [5, 5.41) is 4.45. The molecule has 1 saturated heterocycles. The quantitative estimate of drug-likeness (QED) is 0.818. The van der Waals surface area contributed by atoms with Gasteiger partial charge in [0, 0.05) is 19.1 Å². The van der Waals surface area contributed by atoms with E-state index in [0.29, 0.717) is 19.4 Å². The molecule has 0 bridgehead atoms. The number of halogens is 3. The zero-order valence-corrected chi connectivity index (χ0v) is 12.9. The van der Waals surface area contributed by atoms with Crippen LogP contribution in [-0.2, 0) is 4.74 Å². The molecule has 1 rings (SSSR count). The molecule has 2 N–H and O–H groups in total. The molecular weight excluding hydrogens is 303 g/mol. The van der Waals surface area contributed by atoms with E-state index < -0.39 is 30.4 Å². The van der Waals surface area contributed by atoms with Crippen molar-refractivity contribution in [3.05, 3.63) is 0 Å². The lowest BCUT2D eigenvalue weighted by Crippen LogP contribution is -2.53. The summed E-state index contributed by atoms with van der Waals surface area (Å²) in [6, 6.07) is -1.12. The van der Waals surface area contributed by atoms with Crippen LogP contribution in [-0.4, -0.2) is 54.5 Å². The Balaban J connectivity index is 2.44. The number of likely N-dealkylation sites (tertiary alicyclic amines) is 1. The smallest absolute Gasteiger partial charge is 0.407 e. The van der Waals surface area contributed by atoms with Gasteiger partial charge in [0.2, 0.25) is 0 Å². The Hall–Kier alpha value is -1.67. The summed E-state index contributed by atoms with van der Waals surface area (Å²) < 4.78 is 41.4. The Bertz CT molecular complexity index is 408. The number of nitrogens with one attached hydrogen (secondary N) is 2. The maximum atomic E-state index is 12.1. The molecule has 1 fully saturated rings. The summed E-state index contributed by atoms with van der Waals surface area (Å²) in [5.41, 5.74) is -0.636. The van der Waals surface area contributed by atoms with Crippen molar-refractivity contribution in [1.29, 1.82) is 0 Å². The van der Waals surface area contributed by atoms with E-state index in [1.165, 1.54) is 4.90 Å². The van der Waals surface area contributed by atoms with Crippen LogP contribution in [0.15, 0.2) is 0 Å². The largest absolute Gasteiger partial charge is 0.444 e. The summed E-state index contributed by atoms with van der Waals surface area (Å²) in [5.74, 6) is 0. The third-order valence-corrected chi connectivity index (χ3v) is 2.87. The number of amides is 3. The van der Waals surface area contributed by atoms with E-state index in [1.54, 1.807) is 20.8 Å². The van der Waals surface area contributed by atoms with Crippen LogP contribution in [0, 0.1) is 0 Å². The third-order valence-electron chi connectivity index (χ3n) is 2.87. The number of piperidine rings is 1. The fourth-order valence-corrected chi connectivity index (χ4v) is 2.04. The highest BCUT2D eigenvalue weighted by atomic mass is 19.4. The molecule has 1 atom stereocenters. The third kappa shape index (κ3) is 7.37. The summed E-state index contributed by atoms with van der Waals surface area (Å²) in [7, 11) is 0. The second-order valence-electron chi connectivity index (χ2n) is 6.21. The first-order valence-corrected chi connectivity index (χ1v) is 7.05. The van der Waals surface area contributed by atoms with Gasteiger partial charge >= 0.3 is 18.3 Å². The van der Waals surface area contributed by atoms with Crippen molar-refractivity contribution in [1.82, 2.24) is 15.5 Å². The van der Waals surface area contributed by atoms with Crippen LogP contribution in [0.1, 0.15) is 33.6 Å². The Morgan fingerprint density at radius 2 is 1.91 bits per heavy atom. The van der Waals surface area contributed by atoms with Crippen molar-refractivity contribution in [2.24, 2.45) is 0 Å². The molecule has 0 aliphatic carbocycles. The molecule has 0 saturated carbocycles. The van der Waals surface area contributed by atoms with Gasteiger partial charge in [-0.25, -0.2) is 9.59 Å². The van der Waals surface area contributed by atoms with Gasteiger partial charge in [-0.2, -0.15) is 13.2 Å². The molecule has 1 aliphatic heterocycles. The van der Waals surface area contributed by atoms with Gasteiger partial charge in [0.05, 0.1) is 0 Å². The van der Waals surface area contributed by atoms with E-state index in [0.717, 1.165) is 0 Å². The zero-order chi connectivity index (χ0) is 17.0. The van der Waals surface area contributed by atoms with Crippen LogP contribution in [0.25, 0.3) is 0 Å². The molecular formula is C13H22F3N3O3. The van der Waals surface area contributed by atoms with Crippen LogP contribution in [0.4, 0.5) is 22.8 Å². The first-order valence-electron chi connectivity index (χ1n) is 7.05. The van der Waals surface area contributed by atoms with Crippen LogP contribution in [0.3, 0.4) is 0 Å². The van der Waals surface area contributed by atoms with Gasteiger partial charge in [-0.3, -0.25) is 0 Å². The number of carbonyl (C=O) groups is 2. The number of alkyl halides is 3. The van der Waals surface area contributed by atoms with E-state index in [1.807, 2.05) is 5.32 Å². The minimum Gasteiger partial charge on any atom is -0.444 e. The Morgan fingerprint density at radius 3 is 2.45 bits per heavy atom. The van der Waals surface area contributed by atoms with Crippen molar-refractivity contribution >= 4 is 12.1 Å². The first kappa shape index (κ1) is 18.4. The highest BCUT2D eigenvalue weighted by Crippen LogP contribution is 2.14. The first-order chi connectivity index (χ1) is 9.96. The molecule has 0 aromatic rings. The van der Waals surface area contributed by atoms with Crippen LogP contribution in [0.2, 0.25) is 0 Å². The number of alkyl carbamates (subject to hydrolysis) is 1. The number of urea groups is 1. The van der Waals surface area contributed by atoms with Gasteiger partial charge in [-0.1, -0.05) is 0 Å². The maximum Gasteiger partial charge on any atom is 0.407 e. The molecule has 0 unspecified atom stereocenters. The van der Waals surface area contributed by atoms with E-state index in [4.69, 9.17) is 4.74 Å². The topological polar surface area (TPSA) is 70.7 Å². The molecule has 1 heterocycles. The number of nitrogens with zero attached hydrogens (tertiary/aromatic N) is 1. The van der Waals surface area contributed by atoms with Crippen molar-refractivity contribution in [3.63, 3.8) is 0 Å². The highest BCUT2D eigenvalue weighted by molar-refractivity contribution is 5.74. The molecule has 22 heavy (non-hydrogen) atoms. The predicted octanol–water partition coefficient (Wildman–Crippen LogP) is 2.25. The predicted molar refractivity (Wildman–Crippen MR) is 73.4 cm³/mol. The maximum absolute atomic E-state index is 12.1. The second-order valence-corrected chi connectivity index (χ2v) is 6.21. The van der Waals surface area contributed by atoms with Crippen molar-refractivity contribution in [2.45, 2.75) is 51.4 Å². The standard InChI is InChI=1S/C13H22F3N3O3/c1-12(2,3)22-11(21)18-9-5-4-6-19(7-9)10(20)17-8-13(14,15)16/h9H,4-8H2,1-3H3,(H,17,20)(H,18,21)/t9-/m1/s1. The average Bonchev–Trinajstić information content (AvgIpc) is 2.33. The normalized spacial score (nSPS) is 19.5. The highest BCUT2D eigenvalue weighted by Gasteiger charge is 2.31. The lowest BCUT2D eigenvalue weighted by Gasteiger charge is -2.33. The van der Waals surface area contributed by atoms with E-state index in [2.05, 4.69) is 5.32 Å². The zero-order valence-electron chi connectivity index (χ0n) is 12.9. The molecule has 0 spiro atoms. The summed E-state index contributed by atoms with van der Waals surface area (Å²) in [6.45, 7) is 4.32. The van der Waals surface area contributed by atoms with Crippen LogP contribution < -0.4 is 10.6 Å². The summed E-state index contributed by atoms with van der Waals surface area (Å²) in [6.07, 6.45) is -3.81. The average molecular weight is 325 g/mol. The Morgan fingerprint density at radius 1 is 1.27 bits per heavy atom. The number of carbonyl (C=O) groups excluding carboxylic acids is 2. The number of rotatable bonds is 2. The van der Waals surface area contributed by atoms with Crippen LogP contribution >= 0.6 is 0 Å². The minimum absolute atomic E-state index is 0.156. The Labute approximate surface area is 127 Å². The van der Waals surface area contributed by atoms with Gasteiger partial charge < -0.3 is 20.3 Å². The molecule has 0 aromatic carbocycles. The fraction of sp³-hybridized carbons (Fsp3) is 0.846. The fourth-order valence-electron chi connectivity index (χ4n) is 2.04. The molecule has 0 radical (unpaired) electrons. The van der Waals surface area contributed by atoms with Crippen molar-refractivity contribution in [2.75, 3.05) is 19.6 Å². The molecule has 9 heteroatoms. The SMILES string of the molecule is CC(C)(C)OC(=O)N[C@@H]1CCCN(C(=O)NCC(F)(F)F)C1. The summed E-state index contributed by atoms with van der Waals surface area (Å²) in [4.78, 5) is 24.6. The van der Waals surface area contributed by atoms with Crippen molar-refractivity contribution in [3.8, 4) is 0 Å². The van der Waals surface area contributed by atoms with Gasteiger partial charge in [-0.15, -0.1) is 0 Å². The van der Waals surface area contributed by atoms with Crippen molar-refractivity contribution < 1.29 is 27.5 Å². The van der Waals surface area contributed by atoms with E-state index in [-0.39, 0.29) is 12.6 Å². The monoisotopic (exact) mass is 325 g/mol. The van der Waals surface area contributed by atoms with Gasteiger partial charge in [0.15, 0.2) is 0 Å².